The van der Waals surface area contributed by atoms with Crippen LogP contribution in [0, 0.1) is 5.41 Å². The van der Waals surface area contributed by atoms with E-state index in [4.69, 9.17) is 0 Å². The van der Waals surface area contributed by atoms with Gasteiger partial charge in [0.2, 0.25) is 11.8 Å². The number of hydrogen-bond donors (Lipinski definition) is 1. The molecule has 0 radical (unpaired) electrons. The zero-order chi connectivity index (χ0) is 13.9. The van der Waals surface area contributed by atoms with E-state index >= 15 is 0 Å². The van der Waals surface area contributed by atoms with Crippen LogP contribution in [0.5, 0.6) is 0 Å². The van der Waals surface area contributed by atoms with Gasteiger partial charge in [-0.25, -0.2) is 4.79 Å². The van der Waals surface area contributed by atoms with Crippen LogP contribution in [0.3, 0.4) is 0 Å². The van der Waals surface area contributed by atoms with Crippen molar-refractivity contribution in [2.45, 2.75) is 40.0 Å². The largest absolute Gasteiger partial charge is 0.330 e. The topological polar surface area (TPSA) is 66.5 Å². The van der Waals surface area contributed by atoms with Crippen molar-refractivity contribution in [3.63, 3.8) is 0 Å². The first-order chi connectivity index (χ1) is 8.41. The molecule has 1 aliphatic rings. The maximum atomic E-state index is 12.4. The van der Waals surface area contributed by atoms with E-state index in [-0.39, 0.29) is 0 Å². The molecule has 4 amide bonds. The smallest absolute Gasteiger partial charge is 0.276 e. The van der Waals surface area contributed by atoms with E-state index in [0.717, 1.165) is 11.3 Å². The molecule has 0 aromatic rings. The molecule has 1 heterocycles. The minimum atomic E-state index is -1.21. The van der Waals surface area contributed by atoms with Crippen LogP contribution in [0.25, 0.3) is 0 Å². The predicted molar refractivity (Wildman–Crippen MR) is 67.7 cm³/mol. The highest BCUT2D eigenvalue weighted by molar-refractivity contribution is 6.20. The van der Waals surface area contributed by atoms with Gasteiger partial charge in [-0.15, -0.1) is 0 Å². The number of imide groups is 2. The number of nitrogens with zero attached hydrogens (tertiary/aromatic N) is 1. The molecule has 0 aliphatic carbocycles. The Morgan fingerprint density at radius 3 is 2.44 bits per heavy atom. The Morgan fingerprint density at radius 1 is 1.33 bits per heavy atom. The lowest BCUT2D eigenvalue weighted by molar-refractivity contribution is -0.148. The SMILES string of the molecule is CC/C=C(\C)C1(CCC)C(=O)NC(=O)N(C)C1=O. The highest BCUT2D eigenvalue weighted by atomic mass is 16.2. The van der Waals surface area contributed by atoms with Gasteiger partial charge in [0.1, 0.15) is 5.41 Å². The molecule has 1 N–H and O–H groups in total. The van der Waals surface area contributed by atoms with Crippen LogP contribution in [-0.4, -0.2) is 29.8 Å². The Labute approximate surface area is 107 Å². The van der Waals surface area contributed by atoms with E-state index in [1.807, 2.05) is 19.9 Å². The molecular formula is C13H20N2O3. The van der Waals surface area contributed by atoms with Gasteiger partial charge in [-0.3, -0.25) is 19.8 Å². The first-order valence-electron chi connectivity index (χ1n) is 6.22. The molecule has 1 atom stereocenters. The number of rotatable bonds is 4. The monoisotopic (exact) mass is 252 g/mol. The molecule has 0 spiro atoms. The Balaban J connectivity index is 3.32. The Bertz CT molecular complexity index is 414. The molecule has 1 fully saturated rings. The molecule has 0 aromatic heterocycles. The van der Waals surface area contributed by atoms with E-state index in [2.05, 4.69) is 5.32 Å². The van der Waals surface area contributed by atoms with E-state index < -0.39 is 23.3 Å². The standard InChI is InChI=1S/C13H20N2O3/c1-5-7-9(3)13(8-6-2)10(16)14-12(18)15(4)11(13)17/h7H,5-6,8H2,1-4H3,(H,14,16,18)/b9-7+. The summed E-state index contributed by atoms with van der Waals surface area (Å²) in [6.45, 7) is 5.64. The molecule has 1 rings (SSSR count). The van der Waals surface area contributed by atoms with Crippen LogP contribution in [0.2, 0.25) is 0 Å². The Hall–Kier alpha value is -1.65. The summed E-state index contributed by atoms with van der Waals surface area (Å²) in [6.07, 6.45) is 3.72. The fourth-order valence-corrected chi connectivity index (χ4v) is 2.38. The maximum absolute atomic E-state index is 12.4. The van der Waals surface area contributed by atoms with E-state index in [1.165, 1.54) is 7.05 Å². The van der Waals surface area contributed by atoms with Gasteiger partial charge >= 0.3 is 6.03 Å². The number of nitrogens with one attached hydrogen (secondary N) is 1. The number of carbonyl (C=O) groups is 3. The van der Waals surface area contributed by atoms with Gasteiger partial charge in [-0.05, 0) is 19.8 Å². The van der Waals surface area contributed by atoms with Crippen molar-refractivity contribution < 1.29 is 14.4 Å². The van der Waals surface area contributed by atoms with Crippen molar-refractivity contribution in [3.05, 3.63) is 11.6 Å². The quantitative estimate of drug-likeness (QED) is 0.613. The summed E-state index contributed by atoms with van der Waals surface area (Å²) in [7, 11) is 1.40. The molecule has 1 aliphatic heterocycles. The molecular weight excluding hydrogens is 232 g/mol. The molecule has 1 unspecified atom stereocenters. The van der Waals surface area contributed by atoms with Gasteiger partial charge in [0.15, 0.2) is 0 Å². The van der Waals surface area contributed by atoms with Crippen LogP contribution in [0.4, 0.5) is 4.79 Å². The normalized spacial score (nSPS) is 25.4. The average Bonchev–Trinajstić information content (AvgIpc) is 2.32. The van der Waals surface area contributed by atoms with E-state index in [0.29, 0.717) is 18.4 Å². The summed E-state index contributed by atoms with van der Waals surface area (Å²) in [4.78, 5) is 37.0. The number of carbonyl (C=O) groups excluding carboxylic acids is 3. The third-order valence-electron chi connectivity index (χ3n) is 3.39. The molecule has 5 heteroatoms. The van der Waals surface area contributed by atoms with Crippen molar-refractivity contribution in [1.29, 1.82) is 0 Å². The summed E-state index contributed by atoms with van der Waals surface area (Å²) in [5.41, 5.74) is -0.498. The van der Waals surface area contributed by atoms with Gasteiger partial charge < -0.3 is 0 Å². The van der Waals surface area contributed by atoms with Crippen LogP contribution in [0.1, 0.15) is 40.0 Å². The third kappa shape index (κ3) is 2.05. The van der Waals surface area contributed by atoms with Gasteiger partial charge in [0.25, 0.3) is 0 Å². The average molecular weight is 252 g/mol. The van der Waals surface area contributed by atoms with Gasteiger partial charge in [0, 0.05) is 7.05 Å². The van der Waals surface area contributed by atoms with Crippen molar-refractivity contribution in [3.8, 4) is 0 Å². The molecule has 0 bridgehead atoms. The lowest BCUT2D eigenvalue weighted by Gasteiger charge is -2.38. The van der Waals surface area contributed by atoms with Crippen LogP contribution in [-0.2, 0) is 9.59 Å². The van der Waals surface area contributed by atoms with Crippen molar-refractivity contribution >= 4 is 17.8 Å². The summed E-state index contributed by atoms with van der Waals surface area (Å²) >= 11 is 0. The second kappa shape index (κ2) is 5.33. The minimum Gasteiger partial charge on any atom is -0.276 e. The molecule has 18 heavy (non-hydrogen) atoms. The molecule has 100 valence electrons. The zero-order valence-corrected chi connectivity index (χ0v) is 11.4. The summed E-state index contributed by atoms with van der Waals surface area (Å²) < 4.78 is 0. The summed E-state index contributed by atoms with van der Waals surface area (Å²) in [5, 5.41) is 2.26. The summed E-state index contributed by atoms with van der Waals surface area (Å²) in [6, 6.07) is -0.652. The Kier molecular flexibility index (Phi) is 4.27. The minimum absolute atomic E-state index is 0.414. The first-order valence-corrected chi connectivity index (χ1v) is 6.22. The number of urea groups is 1. The maximum Gasteiger partial charge on any atom is 0.330 e. The predicted octanol–water partition coefficient (Wildman–Crippen LogP) is 1.84. The number of barbiturate groups is 1. The van der Waals surface area contributed by atoms with Crippen molar-refractivity contribution in [1.82, 2.24) is 10.2 Å². The number of allylic oxidation sites excluding steroid dienone is 1. The number of hydrogen-bond acceptors (Lipinski definition) is 3. The molecule has 5 nitrogen and oxygen atoms in total. The first kappa shape index (κ1) is 14.4. The fourth-order valence-electron chi connectivity index (χ4n) is 2.38. The highest BCUT2D eigenvalue weighted by Crippen LogP contribution is 2.37. The fraction of sp³-hybridized carbons (Fsp3) is 0.615. The second-order valence-electron chi connectivity index (χ2n) is 4.57. The van der Waals surface area contributed by atoms with Crippen LogP contribution >= 0.6 is 0 Å². The molecule has 1 saturated heterocycles. The lowest BCUT2D eigenvalue weighted by Crippen LogP contribution is -2.63. The zero-order valence-electron chi connectivity index (χ0n) is 11.4. The van der Waals surface area contributed by atoms with E-state index in [1.54, 1.807) is 6.92 Å². The highest BCUT2D eigenvalue weighted by Gasteiger charge is 2.53. The van der Waals surface area contributed by atoms with Gasteiger partial charge in [-0.1, -0.05) is 31.9 Å². The van der Waals surface area contributed by atoms with Gasteiger partial charge in [-0.2, -0.15) is 0 Å². The number of amides is 4. The van der Waals surface area contributed by atoms with Crippen LogP contribution in [0.15, 0.2) is 11.6 Å². The second-order valence-corrected chi connectivity index (χ2v) is 4.57. The summed E-state index contributed by atoms with van der Waals surface area (Å²) in [5.74, 6) is -0.931. The third-order valence-corrected chi connectivity index (χ3v) is 3.39. The van der Waals surface area contributed by atoms with Crippen molar-refractivity contribution in [2.24, 2.45) is 5.41 Å². The molecule has 0 aromatic carbocycles. The van der Waals surface area contributed by atoms with E-state index in [9.17, 15) is 14.4 Å². The van der Waals surface area contributed by atoms with Crippen LogP contribution < -0.4 is 5.32 Å². The van der Waals surface area contributed by atoms with Gasteiger partial charge in [0.05, 0.1) is 0 Å². The molecule has 0 saturated carbocycles. The van der Waals surface area contributed by atoms with Crippen molar-refractivity contribution in [2.75, 3.05) is 7.05 Å². The Morgan fingerprint density at radius 2 is 1.94 bits per heavy atom. The lowest BCUT2D eigenvalue weighted by atomic mass is 9.73.